The zero-order chi connectivity index (χ0) is 106. The molecule has 1 radical (unpaired) electrons. The normalized spacial score (nSPS) is 19.7. The van der Waals surface area contributed by atoms with E-state index in [1.807, 2.05) is 0 Å². The van der Waals surface area contributed by atoms with Gasteiger partial charge < -0.3 is 322 Å². The van der Waals surface area contributed by atoms with Crippen molar-refractivity contribution in [2.24, 2.45) is 0 Å². The fraction of sp³-hybridized carbons (Fsp3) is 0.667. The van der Waals surface area contributed by atoms with Crippen LogP contribution >= 0.6 is 0 Å². The van der Waals surface area contributed by atoms with Crippen LogP contribution in [-0.2, 0) is 113 Å². The van der Waals surface area contributed by atoms with Crippen LogP contribution < -0.4 is 71.8 Å². The van der Waals surface area contributed by atoms with Gasteiger partial charge in [-0.15, -0.1) is 0 Å². The third-order valence-electron chi connectivity index (χ3n) is 14.1. The summed E-state index contributed by atoms with van der Waals surface area (Å²) in [6.45, 7) is 0. The van der Waals surface area contributed by atoms with E-state index in [0.717, 1.165) is 0 Å². The molecule has 0 aromatic carbocycles. The van der Waals surface area contributed by atoms with E-state index in [1.165, 1.54) is 0 Å². The van der Waals surface area contributed by atoms with E-state index in [0.29, 0.717) is 0 Å². The first-order valence-electron chi connectivity index (χ1n) is 33.1. The van der Waals surface area contributed by atoms with Gasteiger partial charge in [0.15, 0.2) is 99.5 Å². The van der Waals surface area contributed by atoms with Crippen molar-refractivity contribution in [3.05, 3.63) is 0 Å². The smallest absolute Gasteiger partial charge is 0.547 e. The van der Waals surface area contributed by atoms with Crippen molar-refractivity contribution in [3.63, 3.8) is 0 Å². The molecule has 70 nitrogen and oxygen atoms in total. The number of rotatable bonds is 50. The van der Waals surface area contributed by atoms with Gasteiger partial charge in [0.1, 0.15) is 208 Å². The summed E-state index contributed by atoms with van der Waals surface area (Å²) >= 11 is 0. The van der Waals surface area contributed by atoms with Gasteiger partial charge in [0.05, 0.1) is 23.9 Å². The van der Waals surface area contributed by atoms with Gasteiger partial charge in [-0.25, -0.2) is 28.8 Å². The molecule has 0 fully saturated rings. The maximum Gasteiger partial charge on any atom is 3.00 e. The SMILES string of the molecule is O=C[C@H](O)[C@@H](O)[C@@H](O)[C@H](O)C(=O)O.O=C[C@H](O)[C@@H](O)[C@@H](O)[C@H](O)C(=O)O.O=C[C@H](O)[C@@H](O)[C@@H](O)[C@H](O)C(=O)O.O=C[C@H](O)[C@@H](O)[C@@H](O)[C@H](O)C(=O)O.O=C[C@H](O)[C@@H](O)[C@@H](O)[C@H](O)C(=O)O.O=C[C@H](O)[C@@H](O)[C@@H](O)[C@H](O)C(=O)O.O=C[C@H](O)[C@@H](O)[C@@H](O)[C@H](O)C(=O)[O-].O=C[C@H](O)[C@@H](O)[C@@H](O)[C@H](O)C(=O)[O-].O=C[C@H](O)[C@@H](O)[C@@H](O)[C@H](O)C(=O)[O-].O=C[C@H](O)[C@@H](O)[C@@H](O)[C@H](O)C(=O)[O-].[Cr+3].[K+]. The predicted octanol–water partition coefficient (Wildman–Crippen LogP) is -41.2. The summed E-state index contributed by atoms with van der Waals surface area (Å²) < 4.78 is 0. The Balaban J connectivity index is -0.000000121. The van der Waals surface area contributed by atoms with Crippen molar-refractivity contribution in [1.29, 1.82) is 0 Å². The van der Waals surface area contributed by atoms with Gasteiger partial charge in [0.2, 0.25) is 0 Å². The minimum atomic E-state index is -2.36. The van der Waals surface area contributed by atoms with Crippen molar-refractivity contribution in [3.8, 4) is 0 Å². The predicted molar refractivity (Wildman–Crippen MR) is 367 cm³/mol. The minimum absolute atomic E-state index is 0. The molecule has 72 heteroatoms. The molecule has 0 spiro atoms. The molecular formula is C60H96CrKO70. The van der Waals surface area contributed by atoms with Gasteiger partial charge in [-0.1, -0.05) is 0 Å². The first-order valence-corrected chi connectivity index (χ1v) is 33.1. The number of hydrogen-bond donors (Lipinski definition) is 46. The van der Waals surface area contributed by atoms with Crippen LogP contribution in [0.15, 0.2) is 0 Å². The minimum Gasteiger partial charge on any atom is -0.547 e. The zero-order valence-corrected chi connectivity index (χ0v) is 70.0. The summed E-state index contributed by atoms with van der Waals surface area (Å²) in [5.74, 6) is -18.6. The molecule has 0 unspecified atom stereocenters. The summed E-state index contributed by atoms with van der Waals surface area (Å²) in [7, 11) is 0. The Morgan fingerprint density at radius 2 is 0.205 bits per heavy atom. The molecule has 46 N–H and O–H groups in total. The molecule has 0 saturated carbocycles. The topological polar surface area (TPSA) is 1360 Å². The summed E-state index contributed by atoms with van der Waals surface area (Å²) in [6, 6.07) is 0. The Morgan fingerprint density at radius 1 is 0.144 bits per heavy atom. The van der Waals surface area contributed by atoms with Crippen LogP contribution in [0.1, 0.15) is 0 Å². The molecule has 0 bridgehead atoms. The van der Waals surface area contributed by atoms with Crippen LogP contribution in [0.4, 0.5) is 0 Å². The number of carboxylic acid groups (broad SMARTS) is 10. The second-order valence-electron chi connectivity index (χ2n) is 23.8. The van der Waals surface area contributed by atoms with Crippen LogP contribution in [0.25, 0.3) is 0 Å². The first kappa shape index (κ1) is 150. The maximum atomic E-state index is 10.1. The summed E-state index contributed by atoms with van der Waals surface area (Å²) in [6.07, 6.45) is -85.0. The average Bonchev–Trinajstić information content (AvgIpc) is 0.955. The standard InChI is InChI=1S/10C6H10O7.Cr.K/c10*7-1-2(8)3(9)4(10)5(11)6(12)13;;/h10*1-5,8-11H,(H,12,13);;/q;;;;;;;;;;+3;+1/p-4/t10*2-,3+,4+,5-;;/m0000000000../s1. The van der Waals surface area contributed by atoms with E-state index in [1.54, 1.807) is 0 Å². The third-order valence-corrected chi connectivity index (χ3v) is 14.1. The number of hydrogen-bond acceptors (Lipinski definition) is 64. The van der Waals surface area contributed by atoms with Gasteiger partial charge in [0.25, 0.3) is 0 Å². The average molecular weight is 2030 g/mol. The van der Waals surface area contributed by atoms with E-state index in [-0.39, 0.29) is 132 Å². The fourth-order valence-electron chi connectivity index (χ4n) is 6.13. The van der Waals surface area contributed by atoms with Crippen molar-refractivity contribution in [2.75, 3.05) is 0 Å². The van der Waals surface area contributed by atoms with Crippen LogP contribution in [0.2, 0.25) is 0 Å². The molecule has 763 valence electrons. The molecule has 40 atom stereocenters. The fourth-order valence-corrected chi connectivity index (χ4v) is 6.13. The number of aliphatic carboxylic acids is 10. The van der Waals surface area contributed by atoms with Crippen molar-refractivity contribution in [1.82, 2.24) is 0 Å². The number of carbonyl (C=O) groups is 20. The summed E-state index contributed by atoms with van der Waals surface area (Å²) in [5.41, 5.74) is 0. The van der Waals surface area contributed by atoms with E-state index >= 15 is 0 Å². The first-order chi connectivity index (χ1) is 59.1. The second-order valence-corrected chi connectivity index (χ2v) is 23.8. The van der Waals surface area contributed by atoms with E-state index in [2.05, 4.69) is 0 Å². The summed E-state index contributed by atoms with van der Waals surface area (Å²) in [4.78, 5) is 199. The molecular weight excluding hydrogens is 1930 g/mol. The molecule has 0 aliphatic carbocycles. The third kappa shape index (κ3) is 60.4. The molecule has 0 rings (SSSR count). The molecule has 0 aromatic rings. The van der Waals surface area contributed by atoms with Gasteiger partial charge in [-0.05, 0) is 0 Å². The Bertz CT molecular complexity index is 2630. The Morgan fingerprint density at radius 3 is 0.250 bits per heavy atom. The Kier molecular flexibility index (Phi) is 89.7. The number of aliphatic hydroxyl groups is 40. The quantitative estimate of drug-likeness (QED) is 0.0199. The monoisotopic (exact) mass is 2030 g/mol. The molecule has 0 aliphatic rings. The molecule has 0 saturated heterocycles. The van der Waals surface area contributed by atoms with Crippen LogP contribution in [0.3, 0.4) is 0 Å². The number of carboxylic acids is 10. The number of aliphatic hydroxyl groups excluding tert-OH is 40. The van der Waals surface area contributed by atoms with Crippen LogP contribution in [0.5, 0.6) is 0 Å². The van der Waals surface area contributed by atoms with Crippen molar-refractivity contribution in [2.45, 2.75) is 244 Å². The zero-order valence-electron chi connectivity index (χ0n) is 65.6. The molecule has 0 aromatic heterocycles. The van der Waals surface area contributed by atoms with E-state index in [9.17, 15) is 116 Å². The van der Waals surface area contributed by atoms with Gasteiger partial charge >= 0.3 is 105 Å². The molecule has 132 heavy (non-hydrogen) atoms. The van der Waals surface area contributed by atoms with Gasteiger partial charge in [-0.2, -0.15) is 0 Å². The summed E-state index contributed by atoms with van der Waals surface area (Å²) in [5, 5.41) is 438. The van der Waals surface area contributed by atoms with Crippen LogP contribution in [0, 0.1) is 0 Å². The molecule has 0 heterocycles. The second kappa shape index (κ2) is 79.2. The Labute approximate surface area is 782 Å². The maximum absolute atomic E-state index is 10.1. The largest absolute Gasteiger partial charge is 3.00 e. The van der Waals surface area contributed by atoms with Crippen molar-refractivity contribution < 1.29 is 420 Å². The van der Waals surface area contributed by atoms with Gasteiger partial charge in [0, 0.05) is 0 Å². The number of carbonyl (C=O) groups excluding carboxylic acids is 14. The Hall–Kier alpha value is -8.03. The van der Waals surface area contributed by atoms with Crippen molar-refractivity contribution >= 4 is 123 Å². The molecule has 0 aliphatic heterocycles. The van der Waals surface area contributed by atoms with Gasteiger partial charge in [-0.3, -0.25) is 0 Å². The van der Waals surface area contributed by atoms with E-state index in [4.69, 9.17) is 235 Å². The molecule has 0 amide bonds. The van der Waals surface area contributed by atoms with E-state index < -0.39 is 304 Å². The number of aldehydes is 10. The van der Waals surface area contributed by atoms with Crippen LogP contribution in [-0.4, -0.2) is 602 Å².